The molecule has 2 amide bonds. The molecule has 4 rings (SSSR count). The highest BCUT2D eigenvalue weighted by molar-refractivity contribution is 7.92. The fourth-order valence-electron chi connectivity index (χ4n) is 4.98. The molecule has 0 aliphatic rings. The molecule has 0 aliphatic heterocycles. The minimum absolute atomic E-state index is 0.00120. The number of rotatable bonds is 13. The molecular weight excluding hydrogens is 629 g/mol. The first-order chi connectivity index (χ1) is 21.5. The first kappa shape index (κ1) is 34.0. The van der Waals surface area contributed by atoms with E-state index in [4.69, 9.17) is 23.2 Å². The van der Waals surface area contributed by atoms with Crippen LogP contribution < -0.4 is 9.62 Å². The summed E-state index contributed by atoms with van der Waals surface area (Å²) in [5, 5.41) is 3.60. The average molecular weight is 667 g/mol. The molecule has 10 heteroatoms. The smallest absolute Gasteiger partial charge is 0.264 e. The fourth-order valence-corrected chi connectivity index (χ4v) is 6.79. The number of carbonyl (C=O) groups is 2. The fraction of sp³-hybridized carbons (Fsp3) is 0.257. The summed E-state index contributed by atoms with van der Waals surface area (Å²) >= 11 is 12.5. The zero-order chi connectivity index (χ0) is 32.6. The molecule has 1 atom stereocenters. The number of sulfonamides is 1. The zero-order valence-electron chi connectivity index (χ0n) is 25.5. The molecule has 4 aromatic rings. The van der Waals surface area contributed by atoms with Crippen LogP contribution in [0.3, 0.4) is 0 Å². The van der Waals surface area contributed by atoms with Crippen LogP contribution in [-0.2, 0) is 32.6 Å². The Morgan fingerprint density at radius 3 is 2.13 bits per heavy atom. The largest absolute Gasteiger partial charge is 0.354 e. The molecule has 236 valence electrons. The third-order valence-corrected chi connectivity index (χ3v) is 9.91. The van der Waals surface area contributed by atoms with Crippen molar-refractivity contribution in [3.63, 3.8) is 0 Å². The van der Waals surface area contributed by atoms with Crippen molar-refractivity contribution >= 4 is 50.7 Å². The second kappa shape index (κ2) is 15.4. The number of halogens is 2. The lowest BCUT2D eigenvalue weighted by Crippen LogP contribution is -2.53. The van der Waals surface area contributed by atoms with Crippen molar-refractivity contribution in [2.24, 2.45) is 0 Å². The highest BCUT2D eigenvalue weighted by Gasteiger charge is 2.35. The predicted molar refractivity (Wildman–Crippen MR) is 181 cm³/mol. The lowest BCUT2D eigenvalue weighted by molar-refractivity contribution is -0.140. The standard InChI is InChI=1S/C35H37Cl2N3O4S/c1-4-19-38-35(42)33(22-27-11-7-5-8-12-27)39(23-28-17-18-30(36)31(37)21-28)34(41)24-40(32-20-25(2)15-16-26(32)3)45(43,44)29-13-9-6-10-14-29/h5-18,20-21,33H,4,19,22-24H2,1-3H3,(H,38,42)/t33-/m1/s1. The summed E-state index contributed by atoms with van der Waals surface area (Å²) < 4.78 is 29.5. The molecule has 0 heterocycles. The number of anilines is 1. The van der Waals surface area contributed by atoms with E-state index in [0.29, 0.717) is 39.8 Å². The van der Waals surface area contributed by atoms with E-state index in [1.165, 1.54) is 17.0 Å². The molecule has 0 spiro atoms. The molecule has 0 unspecified atom stereocenters. The highest BCUT2D eigenvalue weighted by Crippen LogP contribution is 2.29. The van der Waals surface area contributed by atoms with E-state index in [-0.39, 0.29) is 23.8 Å². The van der Waals surface area contributed by atoms with E-state index < -0.39 is 28.5 Å². The SMILES string of the molecule is CCCNC(=O)[C@@H](Cc1ccccc1)N(Cc1ccc(Cl)c(Cl)c1)C(=O)CN(c1cc(C)ccc1C)S(=O)(=O)c1ccccc1. The van der Waals surface area contributed by atoms with Crippen LogP contribution in [0.25, 0.3) is 0 Å². The van der Waals surface area contributed by atoms with Crippen LogP contribution in [0.4, 0.5) is 5.69 Å². The van der Waals surface area contributed by atoms with Gasteiger partial charge in [-0.25, -0.2) is 8.42 Å². The van der Waals surface area contributed by atoms with E-state index in [2.05, 4.69) is 5.32 Å². The summed E-state index contributed by atoms with van der Waals surface area (Å²) in [6.45, 7) is 5.50. The van der Waals surface area contributed by atoms with Crippen LogP contribution in [0.2, 0.25) is 10.0 Å². The van der Waals surface area contributed by atoms with E-state index in [1.807, 2.05) is 56.3 Å². The molecule has 45 heavy (non-hydrogen) atoms. The number of hydrogen-bond donors (Lipinski definition) is 1. The molecule has 1 N–H and O–H groups in total. The highest BCUT2D eigenvalue weighted by atomic mass is 35.5. The summed E-state index contributed by atoms with van der Waals surface area (Å²) in [6.07, 6.45) is 0.929. The van der Waals surface area contributed by atoms with Gasteiger partial charge < -0.3 is 10.2 Å². The summed E-state index contributed by atoms with van der Waals surface area (Å²) in [6, 6.07) is 27.0. The Morgan fingerprint density at radius 2 is 1.49 bits per heavy atom. The van der Waals surface area contributed by atoms with Crippen LogP contribution in [0, 0.1) is 13.8 Å². The van der Waals surface area contributed by atoms with Gasteiger partial charge in [0, 0.05) is 19.5 Å². The van der Waals surface area contributed by atoms with Crippen LogP contribution in [0.15, 0.2) is 102 Å². The summed E-state index contributed by atoms with van der Waals surface area (Å²) in [5.74, 6) is -0.882. The van der Waals surface area contributed by atoms with Crippen molar-refractivity contribution < 1.29 is 18.0 Å². The van der Waals surface area contributed by atoms with Gasteiger partial charge in [0.2, 0.25) is 11.8 Å². The van der Waals surface area contributed by atoms with Gasteiger partial charge in [-0.1, -0.05) is 96.9 Å². The molecule has 0 aromatic heterocycles. The quantitative estimate of drug-likeness (QED) is 0.167. The Labute approximate surface area is 275 Å². The summed E-state index contributed by atoms with van der Waals surface area (Å²) in [7, 11) is -4.18. The van der Waals surface area contributed by atoms with Crippen LogP contribution in [0.5, 0.6) is 0 Å². The van der Waals surface area contributed by atoms with Gasteiger partial charge in [0.05, 0.1) is 20.6 Å². The molecular formula is C35H37Cl2N3O4S. The van der Waals surface area contributed by atoms with Crippen molar-refractivity contribution in [2.45, 2.75) is 51.1 Å². The topological polar surface area (TPSA) is 86.8 Å². The number of aryl methyl sites for hydroxylation is 2. The van der Waals surface area contributed by atoms with Gasteiger partial charge in [0.15, 0.2) is 0 Å². The van der Waals surface area contributed by atoms with Crippen molar-refractivity contribution in [1.82, 2.24) is 10.2 Å². The molecule has 0 saturated heterocycles. The Balaban J connectivity index is 1.83. The van der Waals surface area contributed by atoms with Gasteiger partial charge in [-0.05, 0) is 72.9 Å². The number of amides is 2. The molecule has 7 nitrogen and oxygen atoms in total. The Hall–Kier alpha value is -3.85. The molecule has 0 aliphatic carbocycles. The normalized spacial score (nSPS) is 11.9. The maximum Gasteiger partial charge on any atom is 0.264 e. The van der Waals surface area contributed by atoms with Gasteiger partial charge in [-0.15, -0.1) is 0 Å². The first-order valence-corrected chi connectivity index (χ1v) is 16.9. The number of nitrogens with zero attached hydrogens (tertiary/aromatic N) is 2. The molecule has 0 radical (unpaired) electrons. The van der Waals surface area contributed by atoms with Crippen molar-refractivity contribution in [3.05, 3.63) is 129 Å². The molecule has 0 saturated carbocycles. The second-order valence-corrected chi connectivity index (χ2v) is 13.6. The molecule has 0 fully saturated rings. The van der Waals surface area contributed by atoms with Gasteiger partial charge >= 0.3 is 0 Å². The molecule has 4 aromatic carbocycles. The predicted octanol–water partition coefficient (Wildman–Crippen LogP) is 6.97. The monoisotopic (exact) mass is 665 g/mol. The van der Waals surface area contributed by atoms with Crippen LogP contribution in [0.1, 0.15) is 35.6 Å². The van der Waals surface area contributed by atoms with Gasteiger partial charge in [0.25, 0.3) is 10.0 Å². The van der Waals surface area contributed by atoms with Gasteiger partial charge in [-0.3, -0.25) is 13.9 Å². The number of hydrogen-bond acceptors (Lipinski definition) is 4. The minimum Gasteiger partial charge on any atom is -0.354 e. The Morgan fingerprint density at radius 1 is 0.822 bits per heavy atom. The van der Waals surface area contributed by atoms with E-state index >= 15 is 0 Å². The summed E-state index contributed by atoms with van der Waals surface area (Å²) in [5.41, 5.74) is 3.40. The van der Waals surface area contributed by atoms with E-state index in [0.717, 1.165) is 15.4 Å². The summed E-state index contributed by atoms with van der Waals surface area (Å²) in [4.78, 5) is 29.8. The Kier molecular flexibility index (Phi) is 11.7. The lowest BCUT2D eigenvalue weighted by atomic mass is 10.0. The Bertz CT molecular complexity index is 1730. The minimum atomic E-state index is -4.18. The average Bonchev–Trinajstić information content (AvgIpc) is 3.04. The maximum absolute atomic E-state index is 14.5. The number of carbonyl (C=O) groups excluding carboxylic acids is 2. The van der Waals surface area contributed by atoms with Crippen LogP contribution >= 0.6 is 23.2 Å². The van der Waals surface area contributed by atoms with Crippen molar-refractivity contribution in [3.8, 4) is 0 Å². The van der Waals surface area contributed by atoms with Crippen molar-refractivity contribution in [1.29, 1.82) is 0 Å². The maximum atomic E-state index is 14.5. The third kappa shape index (κ3) is 8.66. The van der Waals surface area contributed by atoms with Gasteiger partial charge in [-0.2, -0.15) is 0 Å². The van der Waals surface area contributed by atoms with Gasteiger partial charge in [0.1, 0.15) is 12.6 Å². The van der Waals surface area contributed by atoms with Crippen molar-refractivity contribution in [2.75, 3.05) is 17.4 Å². The zero-order valence-corrected chi connectivity index (χ0v) is 27.9. The first-order valence-electron chi connectivity index (χ1n) is 14.7. The second-order valence-electron chi connectivity index (χ2n) is 10.9. The van der Waals surface area contributed by atoms with E-state index in [9.17, 15) is 18.0 Å². The van der Waals surface area contributed by atoms with Crippen LogP contribution in [-0.4, -0.2) is 44.3 Å². The molecule has 0 bridgehead atoms. The number of nitrogens with one attached hydrogen (secondary N) is 1. The van der Waals surface area contributed by atoms with E-state index in [1.54, 1.807) is 49.4 Å². The lowest BCUT2D eigenvalue weighted by Gasteiger charge is -2.34. The number of benzene rings is 4. The third-order valence-electron chi connectivity index (χ3n) is 7.40.